The maximum absolute atomic E-state index is 14.8. The Labute approximate surface area is 302 Å². The van der Waals surface area contributed by atoms with E-state index in [0.717, 1.165) is 17.0 Å². The van der Waals surface area contributed by atoms with Crippen molar-refractivity contribution in [2.24, 2.45) is 16.6 Å². The summed E-state index contributed by atoms with van der Waals surface area (Å²) in [4.78, 5) is 31.6. The molecule has 0 aromatic heterocycles. The highest BCUT2D eigenvalue weighted by atomic mass is 35.5. The fraction of sp³-hybridized carbons (Fsp3) is 0.528. The summed E-state index contributed by atoms with van der Waals surface area (Å²) in [6.45, 7) is 6.93. The van der Waals surface area contributed by atoms with Crippen molar-refractivity contribution in [3.8, 4) is 5.75 Å². The van der Waals surface area contributed by atoms with Gasteiger partial charge in [0.1, 0.15) is 17.4 Å². The van der Waals surface area contributed by atoms with Crippen molar-refractivity contribution in [2.75, 3.05) is 20.3 Å². The van der Waals surface area contributed by atoms with Crippen molar-refractivity contribution >= 4 is 37.5 Å². The Kier molecular flexibility index (Phi) is 15.5. The van der Waals surface area contributed by atoms with Crippen LogP contribution in [0.5, 0.6) is 5.75 Å². The van der Waals surface area contributed by atoms with Gasteiger partial charge in [-0.05, 0) is 80.6 Å². The molecule has 1 amide bonds. The summed E-state index contributed by atoms with van der Waals surface area (Å²) in [7, 11) is -1.09. The van der Waals surface area contributed by atoms with Gasteiger partial charge in [0.05, 0.1) is 48.9 Å². The third-order valence-corrected chi connectivity index (χ3v) is 14.4. The number of carbonyl (C=O) groups excluding carboxylic acids is 2. The minimum absolute atomic E-state index is 0.0186. The normalized spacial score (nSPS) is 17.9. The fourth-order valence-electron chi connectivity index (χ4n) is 6.44. The molecule has 0 bridgehead atoms. The van der Waals surface area contributed by atoms with Crippen LogP contribution in [0.15, 0.2) is 53.2 Å². The zero-order chi connectivity index (χ0) is 37.9. The predicted octanol–water partition coefficient (Wildman–Crippen LogP) is 8.69. The van der Waals surface area contributed by atoms with E-state index in [9.17, 15) is 31.5 Å². The number of methoxy groups -OCH3 is 1. The van der Waals surface area contributed by atoms with Crippen LogP contribution in [0.1, 0.15) is 70.6 Å². The highest BCUT2D eigenvalue weighted by molar-refractivity contribution is 6.73. The molecule has 1 atom stereocenters. The largest absolute Gasteiger partial charge is 0.496 e. The van der Waals surface area contributed by atoms with Crippen molar-refractivity contribution in [3.63, 3.8) is 0 Å². The molecule has 0 spiro atoms. The summed E-state index contributed by atoms with van der Waals surface area (Å²) in [6.07, 6.45) is -4.73. The molecule has 2 N–H and O–H groups in total. The average Bonchev–Trinajstić information content (AvgIpc) is 3.09. The zero-order valence-electron chi connectivity index (χ0n) is 29.6. The Hall–Kier alpha value is -3.49. The molecule has 2 aromatic carbocycles. The van der Waals surface area contributed by atoms with E-state index in [1.54, 1.807) is 25.1 Å². The van der Waals surface area contributed by atoms with Crippen LogP contribution in [0.2, 0.25) is 23.2 Å². The number of hydrogen-bond acceptors (Lipinski definition) is 7. The fourth-order valence-corrected chi connectivity index (χ4v) is 9.52. The lowest BCUT2D eigenvalue weighted by Gasteiger charge is -2.37. The van der Waals surface area contributed by atoms with E-state index < -0.39 is 73.9 Å². The second-order valence-corrected chi connectivity index (χ2v) is 17.6. The second-order valence-electron chi connectivity index (χ2n) is 12.5. The van der Waals surface area contributed by atoms with Crippen LogP contribution in [-0.2, 0) is 25.3 Å². The first-order valence-corrected chi connectivity index (χ1v) is 20.0. The van der Waals surface area contributed by atoms with Crippen molar-refractivity contribution < 1.29 is 45.4 Å². The molecular weight excluding hydrogens is 713 g/mol. The molecule has 51 heavy (non-hydrogen) atoms. The molecule has 0 heterocycles. The topological polar surface area (TPSA) is 103 Å². The summed E-state index contributed by atoms with van der Waals surface area (Å²) in [5.41, 5.74) is 3.72. The van der Waals surface area contributed by atoms with E-state index in [2.05, 4.69) is 4.99 Å². The lowest BCUT2D eigenvalue weighted by atomic mass is 9.86. The van der Waals surface area contributed by atoms with Crippen LogP contribution in [-0.4, -0.2) is 63.3 Å². The number of nitrogens with zero attached hydrogens (tertiary/aromatic N) is 2. The van der Waals surface area contributed by atoms with Crippen molar-refractivity contribution in [1.82, 2.24) is 4.90 Å². The van der Waals surface area contributed by atoms with Crippen LogP contribution < -0.4 is 10.5 Å². The van der Waals surface area contributed by atoms with Gasteiger partial charge in [0.25, 0.3) is 5.91 Å². The van der Waals surface area contributed by atoms with E-state index in [4.69, 9.17) is 31.2 Å². The SMILES string of the molecule is CCOC(=O)C1CCC(N=C(C(=CN)C(=O)N(Cc2cc(F)cc(F)c2)CC(O[Si](CC)(CC)CC)c2c(Cl)cccc2OC)C(F)(F)F)CC1. The number of esters is 1. The molecule has 1 aliphatic carbocycles. The molecule has 282 valence electrons. The summed E-state index contributed by atoms with van der Waals surface area (Å²) >= 11 is 6.71. The Bertz CT molecular complexity index is 1530. The zero-order valence-corrected chi connectivity index (χ0v) is 31.4. The first-order valence-electron chi connectivity index (χ1n) is 17.1. The molecule has 2 aromatic rings. The first kappa shape index (κ1) is 41.9. The number of ether oxygens (including phenoxy) is 2. The highest BCUT2D eigenvalue weighted by Gasteiger charge is 2.43. The van der Waals surface area contributed by atoms with Gasteiger partial charge in [-0.2, -0.15) is 13.2 Å². The number of alkyl halides is 3. The quantitative estimate of drug-likeness (QED) is 0.0604. The first-order chi connectivity index (χ1) is 24.1. The van der Waals surface area contributed by atoms with Gasteiger partial charge in [-0.3, -0.25) is 14.6 Å². The summed E-state index contributed by atoms with van der Waals surface area (Å²) in [6, 6.07) is 8.74. The van der Waals surface area contributed by atoms with Crippen LogP contribution in [0.4, 0.5) is 22.0 Å². The van der Waals surface area contributed by atoms with Gasteiger partial charge in [-0.1, -0.05) is 38.4 Å². The number of benzene rings is 2. The molecule has 0 radical (unpaired) electrons. The van der Waals surface area contributed by atoms with Crippen LogP contribution in [0.3, 0.4) is 0 Å². The number of aliphatic imine (C=N–C) groups is 1. The predicted molar refractivity (Wildman–Crippen MR) is 189 cm³/mol. The number of amides is 1. The number of nitrogens with two attached hydrogens (primary N) is 1. The number of halogens is 6. The number of carbonyl (C=O) groups is 2. The van der Waals surface area contributed by atoms with E-state index >= 15 is 0 Å². The van der Waals surface area contributed by atoms with Gasteiger partial charge < -0.3 is 24.5 Å². The van der Waals surface area contributed by atoms with E-state index in [-0.39, 0.29) is 49.4 Å². The Morgan fingerprint density at radius 3 is 2.16 bits per heavy atom. The third kappa shape index (κ3) is 11.0. The van der Waals surface area contributed by atoms with Crippen molar-refractivity contribution in [2.45, 2.75) is 96.4 Å². The van der Waals surface area contributed by atoms with E-state index in [0.29, 0.717) is 41.7 Å². The van der Waals surface area contributed by atoms with E-state index in [1.807, 2.05) is 20.8 Å². The minimum Gasteiger partial charge on any atom is -0.496 e. The van der Waals surface area contributed by atoms with Gasteiger partial charge in [-0.25, -0.2) is 8.78 Å². The molecule has 1 saturated carbocycles. The molecule has 0 aliphatic heterocycles. The van der Waals surface area contributed by atoms with Gasteiger partial charge in [-0.15, -0.1) is 0 Å². The standard InChI is InChI=1S/C36H47ClF5N3O5Si/c1-6-49-35(47)24-13-15-27(16-14-24)44-33(36(40,41)42)28(20-43)34(46)45(21-23-17-25(38)19-26(39)18-23)22-31(50-51(7-2,8-3)9-4)32-29(37)11-10-12-30(32)48-5/h10-12,17-20,24,27,31H,6-9,13-16,21-22,43H2,1-5H3. The van der Waals surface area contributed by atoms with Gasteiger partial charge in [0.15, 0.2) is 14.0 Å². The molecule has 1 fully saturated rings. The van der Waals surface area contributed by atoms with E-state index in [1.165, 1.54) is 7.11 Å². The summed E-state index contributed by atoms with van der Waals surface area (Å²) in [5, 5.41) is 0.236. The summed E-state index contributed by atoms with van der Waals surface area (Å²) < 4.78 is 90.7. The van der Waals surface area contributed by atoms with Gasteiger partial charge in [0.2, 0.25) is 0 Å². The maximum atomic E-state index is 14.8. The number of rotatable bonds is 16. The molecule has 15 heteroatoms. The Morgan fingerprint density at radius 1 is 1.04 bits per heavy atom. The third-order valence-electron chi connectivity index (χ3n) is 9.40. The lowest BCUT2D eigenvalue weighted by Crippen LogP contribution is -2.44. The minimum atomic E-state index is -5.11. The van der Waals surface area contributed by atoms with Crippen LogP contribution in [0.25, 0.3) is 0 Å². The smallest absolute Gasteiger partial charge is 0.433 e. The van der Waals surface area contributed by atoms with Crippen molar-refractivity contribution in [3.05, 3.63) is 76.0 Å². The monoisotopic (exact) mass is 759 g/mol. The van der Waals surface area contributed by atoms with Crippen LogP contribution in [0, 0.1) is 17.6 Å². The molecule has 1 aliphatic rings. The Balaban J connectivity index is 2.14. The average molecular weight is 760 g/mol. The number of hydrogen-bond donors (Lipinski definition) is 1. The highest BCUT2D eigenvalue weighted by Crippen LogP contribution is 2.39. The molecular formula is C36H47ClF5N3O5Si. The molecule has 0 saturated heterocycles. The molecule has 1 unspecified atom stereocenters. The van der Waals surface area contributed by atoms with Crippen LogP contribution >= 0.6 is 11.6 Å². The summed E-state index contributed by atoms with van der Waals surface area (Å²) in [5.74, 6) is -3.59. The molecule has 8 nitrogen and oxygen atoms in total. The van der Waals surface area contributed by atoms with Gasteiger partial charge >= 0.3 is 12.1 Å². The van der Waals surface area contributed by atoms with Crippen molar-refractivity contribution in [1.29, 1.82) is 0 Å². The lowest BCUT2D eigenvalue weighted by molar-refractivity contribution is -0.149. The second kappa shape index (κ2) is 18.8. The van der Waals surface area contributed by atoms with Gasteiger partial charge in [0, 0.05) is 24.4 Å². The molecule has 3 rings (SSSR count). The maximum Gasteiger partial charge on any atom is 0.433 e. The Morgan fingerprint density at radius 2 is 1.65 bits per heavy atom.